The van der Waals surface area contributed by atoms with Gasteiger partial charge in [0.25, 0.3) is 11.8 Å². The molecule has 1 atom stereocenters. The topological polar surface area (TPSA) is 129 Å². The summed E-state index contributed by atoms with van der Waals surface area (Å²) in [4.78, 5) is 37.9. The molecule has 0 fully saturated rings. The normalized spacial score (nSPS) is 11.7. The molecule has 4 rings (SSSR count). The molecule has 2 aromatic heterocycles. The van der Waals surface area contributed by atoms with E-state index in [1.165, 1.54) is 6.33 Å². The minimum atomic E-state index is -0.235. The highest BCUT2D eigenvalue weighted by Gasteiger charge is 2.18. The van der Waals surface area contributed by atoms with Gasteiger partial charge in [-0.2, -0.15) is 11.8 Å². The van der Waals surface area contributed by atoms with Gasteiger partial charge in [-0.1, -0.05) is 30.3 Å². The number of thioether (sulfide) groups is 1. The Kier molecular flexibility index (Phi) is 9.23. The Balaban J connectivity index is 1.53. The van der Waals surface area contributed by atoms with Crippen LogP contribution in [-0.2, 0) is 0 Å². The number of fused-ring (bicyclic) bond motifs is 1. The summed E-state index contributed by atoms with van der Waals surface area (Å²) in [5, 5.41) is 18.5. The molecule has 0 bridgehead atoms. The van der Waals surface area contributed by atoms with E-state index in [1.54, 1.807) is 43.2 Å². The number of pyridine rings is 1. The zero-order chi connectivity index (χ0) is 26.9. The second-order valence-electron chi connectivity index (χ2n) is 8.56. The van der Waals surface area contributed by atoms with Crippen LogP contribution >= 0.6 is 11.8 Å². The van der Waals surface area contributed by atoms with Gasteiger partial charge in [-0.05, 0) is 30.0 Å². The molecular weight excluding hydrogens is 500 g/mol. The van der Waals surface area contributed by atoms with E-state index in [1.807, 2.05) is 30.3 Å². The molecule has 0 spiro atoms. The van der Waals surface area contributed by atoms with E-state index in [0.29, 0.717) is 23.5 Å². The second kappa shape index (κ2) is 13.0. The number of aromatic nitrogens is 3. The van der Waals surface area contributed by atoms with E-state index < -0.39 is 0 Å². The number of carbonyl (C=O) groups excluding carboxylic acids is 2. The lowest BCUT2D eigenvalue weighted by molar-refractivity contribution is 0.0942. The summed E-state index contributed by atoms with van der Waals surface area (Å²) < 4.78 is 0. The van der Waals surface area contributed by atoms with Gasteiger partial charge in [0.05, 0.1) is 23.4 Å². The molecule has 0 aliphatic carbocycles. The Morgan fingerprint density at radius 1 is 1.03 bits per heavy atom. The lowest BCUT2D eigenvalue weighted by Gasteiger charge is -2.19. The van der Waals surface area contributed by atoms with Crippen molar-refractivity contribution in [2.45, 2.75) is 5.92 Å². The maximum Gasteiger partial charge on any atom is 0.251 e. The first kappa shape index (κ1) is 27.0. The maximum absolute atomic E-state index is 12.4. The van der Waals surface area contributed by atoms with E-state index in [9.17, 15) is 9.59 Å². The molecule has 2 amide bonds. The molecule has 196 valence electrons. The fourth-order valence-electron chi connectivity index (χ4n) is 4.22. The van der Waals surface area contributed by atoms with Crippen molar-refractivity contribution in [3.8, 4) is 11.3 Å². The number of amides is 2. The van der Waals surface area contributed by atoms with Crippen molar-refractivity contribution >= 4 is 40.3 Å². The van der Waals surface area contributed by atoms with Crippen LogP contribution in [-0.4, -0.2) is 70.6 Å². The third-order valence-corrected chi connectivity index (χ3v) is 6.85. The molecule has 4 aromatic rings. The van der Waals surface area contributed by atoms with Crippen molar-refractivity contribution < 1.29 is 14.7 Å². The number of para-hydroxylation sites is 1. The molecule has 0 saturated heterocycles. The smallest absolute Gasteiger partial charge is 0.251 e. The number of hydrogen-bond acceptors (Lipinski definition) is 8. The highest BCUT2D eigenvalue weighted by Crippen LogP contribution is 2.29. The summed E-state index contributed by atoms with van der Waals surface area (Å²) in [6.45, 7) is 0.724. The third kappa shape index (κ3) is 6.27. The van der Waals surface area contributed by atoms with Crippen molar-refractivity contribution in [1.82, 2.24) is 25.6 Å². The van der Waals surface area contributed by atoms with Crippen molar-refractivity contribution in [2.75, 3.05) is 44.1 Å². The summed E-state index contributed by atoms with van der Waals surface area (Å²) in [5.41, 5.74) is 4.59. The summed E-state index contributed by atoms with van der Waals surface area (Å²) in [7, 11) is 1.62. The molecule has 0 aliphatic rings. The summed E-state index contributed by atoms with van der Waals surface area (Å²) in [6.07, 6.45) is 5.26. The van der Waals surface area contributed by atoms with E-state index in [4.69, 9.17) is 5.11 Å². The Morgan fingerprint density at radius 2 is 1.84 bits per heavy atom. The number of nitrogens with zero attached hydrogens (tertiary/aromatic N) is 3. The summed E-state index contributed by atoms with van der Waals surface area (Å²) in [5.74, 6) is 1.29. The van der Waals surface area contributed by atoms with Crippen LogP contribution in [0.4, 0.5) is 5.82 Å². The Hall–Kier alpha value is -4.02. The standard InChI is InChI=1S/C28H30N6O3S/c1-29-28(37)23-10-11-30-26-21(4-3-5-22(23)26)20(16-38-2)15-32-25-14-24(33-17-34-25)18-6-8-19(9-7-18)27(36)31-12-13-35/h3-11,14,17,20,35H,12-13,15-16H2,1-2H3,(H,29,37)(H,31,36)(H,32,33,34). The highest BCUT2D eigenvalue weighted by molar-refractivity contribution is 7.98. The molecule has 10 heteroatoms. The Bertz CT molecular complexity index is 1410. The molecule has 4 N–H and O–H groups in total. The number of rotatable bonds is 11. The predicted molar refractivity (Wildman–Crippen MR) is 152 cm³/mol. The van der Waals surface area contributed by atoms with Crippen LogP contribution in [0, 0.1) is 0 Å². The number of anilines is 1. The largest absolute Gasteiger partial charge is 0.395 e. The molecule has 0 saturated carbocycles. The van der Waals surface area contributed by atoms with Crippen LogP contribution in [0.5, 0.6) is 0 Å². The first-order valence-electron chi connectivity index (χ1n) is 12.2. The average Bonchev–Trinajstić information content (AvgIpc) is 2.97. The first-order chi connectivity index (χ1) is 18.5. The highest BCUT2D eigenvalue weighted by atomic mass is 32.2. The molecule has 2 aromatic carbocycles. The molecule has 1 unspecified atom stereocenters. The molecule has 2 heterocycles. The van der Waals surface area contributed by atoms with Gasteiger partial charge in [0.1, 0.15) is 12.1 Å². The number of aliphatic hydroxyl groups excluding tert-OH is 1. The zero-order valence-electron chi connectivity index (χ0n) is 21.3. The van der Waals surface area contributed by atoms with Crippen LogP contribution in [0.2, 0.25) is 0 Å². The minimum absolute atomic E-state index is 0.105. The van der Waals surface area contributed by atoms with Crippen molar-refractivity contribution in [3.05, 3.63) is 83.8 Å². The van der Waals surface area contributed by atoms with Crippen molar-refractivity contribution in [3.63, 3.8) is 0 Å². The molecule has 0 radical (unpaired) electrons. The number of hydrogen-bond donors (Lipinski definition) is 4. The first-order valence-corrected chi connectivity index (χ1v) is 13.6. The second-order valence-corrected chi connectivity index (χ2v) is 9.47. The van der Waals surface area contributed by atoms with Gasteiger partial charge in [0, 0.05) is 60.6 Å². The monoisotopic (exact) mass is 530 g/mol. The van der Waals surface area contributed by atoms with Crippen molar-refractivity contribution in [2.24, 2.45) is 0 Å². The van der Waals surface area contributed by atoms with Crippen LogP contribution in [0.25, 0.3) is 22.2 Å². The SMILES string of the molecule is CNC(=O)c1ccnc2c(C(CNc3cc(-c4ccc(C(=O)NCCO)cc4)ncn3)CSC)cccc12. The lowest BCUT2D eigenvalue weighted by atomic mass is 9.95. The van der Waals surface area contributed by atoms with Gasteiger partial charge >= 0.3 is 0 Å². The van der Waals surface area contributed by atoms with Crippen molar-refractivity contribution in [1.29, 1.82) is 0 Å². The molecular formula is C28H30N6O3S. The van der Waals surface area contributed by atoms with E-state index in [0.717, 1.165) is 33.5 Å². The minimum Gasteiger partial charge on any atom is -0.395 e. The number of carbonyl (C=O) groups is 2. The van der Waals surface area contributed by atoms with Gasteiger partial charge in [0.15, 0.2) is 0 Å². The maximum atomic E-state index is 12.4. The predicted octanol–water partition coefficient (Wildman–Crippen LogP) is 3.33. The van der Waals surface area contributed by atoms with Gasteiger partial charge in [0.2, 0.25) is 0 Å². The molecule has 38 heavy (non-hydrogen) atoms. The average molecular weight is 531 g/mol. The third-order valence-electron chi connectivity index (χ3n) is 6.12. The van der Waals surface area contributed by atoms with Crippen LogP contribution in [0.3, 0.4) is 0 Å². The zero-order valence-corrected chi connectivity index (χ0v) is 22.1. The van der Waals surface area contributed by atoms with Gasteiger partial charge < -0.3 is 21.1 Å². The Labute approximate surface area is 225 Å². The van der Waals surface area contributed by atoms with E-state index in [-0.39, 0.29) is 30.9 Å². The summed E-state index contributed by atoms with van der Waals surface area (Å²) in [6, 6.07) is 16.7. The Morgan fingerprint density at radius 3 is 2.58 bits per heavy atom. The van der Waals surface area contributed by atoms with Gasteiger partial charge in [-0.25, -0.2) is 9.97 Å². The van der Waals surface area contributed by atoms with Gasteiger partial charge in [-0.15, -0.1) is 0 Å². The van der Waals surface area contributed by atoms with Crippen LogP contribution in [0.1, 0.15) is 32.2 Å². The van der Waals surface area contributed by atoms with E-state index >= 15 is 0 Å². The van der Waals surface area contributed by atoms with E-state index in [2.05, 4.69) is 43.2 Å². The summed E-state index contributed by atoms with van der Waals surface area (Å²) >= 11 is 1.75. The number of benzene rings is 2. The van der Waals surface area contributed by atoms with Crippen LogP contribution < -0.4 is 16.0 Å². The molecule has 0 aliphatic heterocycles. The lowest BCUT2D eigenvalue weighted by Crippen LogP contribution is -2.26. The van der Waals surface area contributed by atoms with Crippen LogP contribution in [0.15, 0.2) is 67.1 Å². The molecule has 9 nitrogen and oxygen atoms in total. The number of nitrogens with one attached hydrogen (secondary N) is 3. The van der Waals surface area contributed by atoms with Gasteiger partial charge in [-0.3, -0.25) is 14.6 Å². The number of aliphatic hydroxyl groups is 1. The quantitative estimate of drug-likeness (QED) is 0.232. The fraction of sp³-hybridized carbons (Fsp3) is 0.250. The fourth-order valence-corrected chi connectivity index (χ4v) is 4.92.